The van der Waals surface area contributed by atoms with Crippen molar-refractivity contribution in [3.05, 3.63) is 29.8 Å². The number of nitrogens with zero attached hydrogens (tertiary/aromatic N) is 2. The van der Waals surface area contributed by atoms with Crippen molar-refractivity contribution in [1.82, 2.24) is 4.90 Å². The first-order chi connectivity index (χ1) is 9.17. The molecule has 1 unspecified atom stereocenters. The molecule has 2 rings (SSSR count). The van der Waals surface area contributed by atoms with Crippen LogP contribution in [0.2, 0.25) is 0 Å². The summed E-state index contributed by atoms with van der Waals surface area (Å²) in [4.78, 5) is 16.2. The van der Waals surface area contributed by atoms with Gasteiger partial charge in [0.05, 0.1) is 0 Å². The van der Waals surface area contributed by atoms with Gasteiger partial charge in [0.1, 0.15) is 6.04 Å². The number of aryl methyl sites for hydroxylation is 1. The van der Waals surface area contributed by atoms with Gasteiger partial charge in [-0.15, -0.1) is 0 Å². The van der Waals surface area contributed by atoms with E-state index in [9.17, 15) is 4.79 Å². The fraction of sp³-hybridized carbons (Fsp3) is 0.533. The van der Waals surface area contributed by atoms with Crippen LogP contribution in [0.1, 0.15) is 18.9 Å². The number of carbonyl (C=O) groups is 1. The topological polar surface area (TPSA) is 49.6 Å². The number of benzene rings is 1. The lowest BCUT2D eigenvalue weighted by molar-refractivity contribution is -0.133. The lowest BCUT2D eigenvalue weighted by atomic mass is 10.1. The van der Waals surface area contributed by atoms with Crippen molar-refractivity contribution in [2.75, 3.05) is 31.6 Å². The minimum Gasteiger partial charge on any atom is -0.358 e. The van der Waals surface area contributed by atoms with Gasteiger partial charge in [0.25, 0.3) is 0 Å². The molecule has 0 radical (unpaired) electrons. The van der Waals surface area contributed by atoms with Crippen LogP contribution >= 0.6 is 0 Å². The molecular weight excluding hydrogens is 238 g/mol. The number of carbonyl (C=O) groups excluding carboxylic acids is 1. The highest BCUT2D eigenvalue weighted by Crippen LogP contribution is 2.23. The van der Waals surface area contributed by atoms with Crippen LogP contribution in [0.4, 0.5) is 5.69 Å². The molecule has 1 amide bonds. The normalized spacial score (nSPS) is 19.9. The predicted molar refractivity (Wildman–Crippen MR) is 78.3 cm³/mol. The molecule has 1 saturated heterocycles. The van der Waals surface area contributed by atoms with E-state index in [1.54, 1.807) is 4.90 Å². The summed E-state index contributed by atoms with van der Waals surface area (Å²) in [6.07, 6.45) is 1.74. The van der Waals surface area contributed by atoms with Crippen molar-refractivity contribution in [1.29, 1.82) is 0 Å². The standard InChI is InChI=1S/C15H23N3O/c1-3-12-4-6-13(7-5-12)18-11-10-17(2)15(19)14(18)8-9-16/h4-7,14H,3,8-11,16H2,1-2H3. The first-order valence-electron chi connectivity index (χ1n) is 6.98. The summed E-state index contributed by atoms with van der Waals surface area (Å²) in [6.45, 7) is 4.33. The molecule has 0 saturated carbocycles. The van der Waals surface area contributed by atoms with E-state index in [4.69, 9.17) is 5.73 Å². The number of amides is 1. The van der Waals surface area contributed by atoms with Gasteiger partial charge >= 0.3 is 0 Å². The summed E-state index contributed by atoms with van der Waals surface area (Å²) in [7, 11) is 1.86. The Kier molecular flexibility index (Phi) is 4.43. The number of rotatable bonds is 4. The number of anilines is 1. The number of hydrogen-bond acceptors (Lipinski definition) is 3. The first-order valence-corrected chi connectivity index (χ1v) is 6.98. The Bertz CT molecular complexity index is 430. The molecule has 19 heavy (non-hydrogen) atoms. The van der Waals surface area contributed by atoms with Gasteiger partial charge in [-0.2, -0.15) is 0 Å². The van der Waals surface area contributed by atoms with Gasteiger partial charge in [-0.05, 0) is 37.1 Å². The zero-order valence-corrected chi connectivity index (χ0v) is 11.8. The third-order valence-electron chi connectivity index (χ3n) is 3.83. The molecule has 1 aromatic rings. The third kappa shape index (κ3) is 2.89. The zero-order valence-electron chi connectivity index (χ0n) is 11.8. The highest BCUT2D eigenvalue weighted by molar-refractivity contribution is 5.86. The van der Waals surface area contributed by atoms with Crippen LogP contribution in [0.15, 0.2) is 24.3 Å². The SMILES string of the molecule is CCc1ccc(N2CCN(C)C(=O)C2CCN)cc1. The van der Waals surface area contributed by atoms with E-state index in [2.05, 4.69) is 36.1 Å². The van der Waals surface area contributed by atoms with E-state index in [-0.39, 0.29) is 11.9 Å². The van der Waals surface area contributed by atoms with Crippen LogP contribution in [0.25, 0.3) is 0 Å². The van der Waals surface area contributed by atoms with Crippen LogP contribution in [0, 0.1) is 0 Å². The van der Waals surface area contributed by atoms with Crippen LogP contribution in [0.5, 0.6) is 0 Å². The zero-order chi connectivity index (χ0) is 13.8. The summed E-state index contributed by atoms with van der Waals surface area (Å²) >= 11 is 0. The molecule has 1 aliphatic rings. The van der Waals surface area contributed by atoms with Crippen molar-refractivity contribution in [3.8, 4) is 0 Å². The van der Waals surface area contributed by atoms with Crippen LogP contribution in [0.3, 0.4) is 0 Å². The minimum atomic E-state index is -0.115. The second-order valence-corrected chi connectivity index (χ2v) is 5.07. The molecule has 0 aromatic heterocycles. The van der Waals surface area contributed by atoms with Gasteiger partial charge in [-0.1, -0.05) is 19.1 Å². The average molecular weight is 261 g/mol. The molecule has 4 heteroatoms. The summed E-state index contributed by atoms with van der Waals surface area (Å²) < 4.78 is 0. The smallest absolute Gasteiger partial charge is 0.245 e. The Morgan fingerprint density at radius 1 is 1.26 bits per heavy atom. The quantitative estimate of drug-likeness (QED) is 0.887. The number of nitrogens with two attached hydrogens (primary N) is 1. The lowest BCUT2D eigenvalue weighted by Gasteiger charge is -2.40. The van der Waals surface area contributed by atoms with E-state index in [0.717, 1.165) is 25.2 Å². The maximum atomic E-state index is 12.3. The Hall–Kier alpha value is -1.55. The molecule has 1 heterocycles. The maximum Gasteiger partial charge on any atom is 0.245 e. The molecule has 1 fully saturated rings. The van der Waals surface area contributed by atoms with Crippen LogP contribution in [-0.2, 0) is 11.2 Å². The second-order valence-electron chi connectivity index (χ2n) is 5.07. The van der Waals surface area contributed by atoms with Crippen LogP contribution in [-0.4, -0.2) is 43.5 Å². The predicted octanol–water partition coefficient (Wildman–Crippen LogP) is 1.24. The Balaban J connectivity index is 2.22. The molecule has 0 spiro atoms. The second kappa shape index (κ2) is 6.06. The van der Waals surface area contributed by atoms with Crippen molar-refractivity contribution in [2.45, 2.75) is 25.8 Å². The summed E-state index contributed by atoms with van der Waals surface area (Å²) in [5, 5.41) is 0. The molecule has 0 aliphatic carbocycles. The van der Waals surface area contributed by atoms with Gasteiger partial charge in [0.2, 0.25) is 5.91 Å². The molecule has 1 aliphatic heterocycles. The highest BCUT2D eigenvalue weighted by Gasteiger charge is 2.32. The van der Waals surface area contributed by atoms with Crippen molar-refractivity contribution < 1.29 is 4.79 Å². The highest BCUT2D eigenvalue weighted by atomic mass is 16.2. The van der Waals surface area contributed by atoms with Crippen molar-refractivity contribution >= 4 is 11.6 Å². The summed E-state index contributed by atoms with van der Waals surface area (Å²) in [5.74, 6) is 0.177. The van der Waals surface area contributed by atoms with Gasteiger partial charge < -0.3 is 15.5 Å². The molecule has 0 bridgehead atoms. The maximum absolute atomic E-state index is 12.3. The fourth-order valence-electron chi connectivity index (χ4n) is 2.58. The van der Waals surface area contributed by atoms with Gasteiger partial charge in [0, 0.05) is 25.8 Å². The Morgan fingerprint density at radius 3 is 2.53 bits per heavy atom. The largest absolute Gasteiger partial charge is 0.358 e. The van der Waals surface area contributed by atoms with Gasteiger partial charge in [0.15, 0.2) is 0 Å². The van der Waals surface area contributed by atoms with E-state index in [1.165, 1.54) is 5.56 Å². The molecule has 2 N–H and O–H groups in total. The third-order valence-corrected chi connectivity index (χ3v) is 3.83. The van der Waals surface area contributed by atoms with Crippen LogP contribution < -0.4 is 10.6 Å². The Morgan fingerprint density at radius 2 is 1.95 bits per heavy atom. The molecule has 104 valence electrons. The van der Waals surface area contributed by atoms with Gasteiger partial charge in [-0.3, -0.25) is 4.79 Å². The Labute approximate surface area is 115 Å². The summed E-state index contributed by atoms with van der Waals surface area (Å²) in [5.41, 5.74) is 8.10. The number of likely N-dealkylation sites (N-methyl/N-ethyl adjacent to an activating group) is 1. The number of hydrogen-bond donors (Lipinski definition) is 1. The first kappa shape index (κ1) is 13.9. The lowest BCUT2D eigenvalue weighted by Crippen LogP contribution is -2.56. The number of piperazine rings is 1. The van der Waals surface area contributed by atoms with E-state index in [0.29, 0.717) is 13.0 Å². The van der Waals surface area contributed by atoms with E-state index in [1.807, 2.05) is 7.05 Å². The van der Waals surface area contributed by atoms with Gasteiger partial charge in [-0.25, -0.2) is 0 Å². The monoisotopic (exact) mass is 261 g/mol. The minimum absolute atomic E-state index is 0.115. The van der Waals surface area contributed by atoms with Crippen molar-refractivity contribution in [2.24, 2.45) is 5.73 Å². The molecule has 1 atom stereocenters. The molecule has 4 nitrogen and oxygen atoms in total. The summed E-state index contributed by atoms with van der Waals surface area (Å²) in [6, 6.07) is 8.38. The fourth-order valence-corrected chi connectivity index (χ4v) is 2.58. The van der Waals surface area contributed by atoms with E-state index >= 15 is 0 Å². The molecule has 1 aromatic carbocycles. The average Bonchev–Trinajstić information content (AvgIpc) is 2.44. The van der Waals surface area contributed by atoms with Crippen molar-refractivity contribution in [3.63, 3.8) is 0 Å². The van der Waals surface area contributed by atoms with E-state index < -0.39 is 0 Å². The molecular formula is C15H23N3O.